The number of amides is 1. The molecule has 1 aromatic rings. The minimum atomic E-state index is -0.141. The van der Waals surface area contributed by atoms with Gasteiger partial charge in [-0.05, 0) is 38.3 Å². The number of benzene rings is 1. The maximum Gasteiger partial charge on any atom is 0.226 e. The van der Waals surface area contributed by atoms with E-state index in [0.717, 1.165) is 49.4 Å². The maximum absolute atomic E-state index is 12.7. The fourth-order valence-corrected chi connectivity index (χ4v) is 3.79. The van der Waals surface area contributed by atoms with Crippen molar-refractivity contribution >= 4 is 11.6 Å². The highest BCUT2D eigenvalue weighted by molar-refractivity contribution is 5.80. The van der Waals surface area contributed by atoms with Crippen molar-refractivity contribution in [2.24, 2.45) is 5.92 Å². The van der Waals surface area contributed by atoms with Crippen LogP contribution < -0.4 is 15.0 Å². The summed E-state index contributed by atoms with van der Waals surface area (Å²) < 4.78 is 11.0. The standard InChI is InChI=1S/C20H28N2O3/c1-14(2)19-18(9-11-25-19)20(23)21-15-6-5-10-22(13-15)16-7-4-8-17(12-16)24-3/h4,7-8,12,15,18-19H,1,5-6,9-11,13H2,2-3H3,(H,21,23)/t15-,18-,19-/m1/s1. The molecule has 5 nitrogen and oxygen atoms in total. The van der Waals surface area contributed by atoms with Gasteiger partial charge in [-0.15, -0.1) is 0 Å². The van der Waals surface area contributed by atoms with Gasteiger partial charge in [0.05, 0.1) is 19.1 Å². The zero-order valence-electron chi connectivity index (χ0n) is 15.2. The Bertz CT molecular complexity index is 631. The molecular weight excluding hydrogens is 316 g/mol. The van der Waals surface area contributed by atoms with Crippen LogP contribution in [0.3, 0.4) is 0 Å². The smallest absolute Gasteiger partial charge is 0.226 e. The molecule has 2 aliphatic rings. The number of piperidine rings is 1. The van der Waals surface area contributed by atoms with Crippen LogP contribution in [0, 0.1) is 5.92 Å². The van der Waals surface area contributed by atoms with E-state index in [1.165, 1.54) is 0 Å². The van der Waals surface area contributed by atoms with E-state index in [-0.39, 0.29) is 24.0 Å². The number of hydrogen-bond acceptors (Lipinski definition) is 4. The van der Waals surface area contributed by atoms with E-state index in [0.29, 0.717) is 6.61 Å². The molecule has 0 aliphatic carbocycles. The van der Waals surface area contributed by atoms with Gasteiger partial charge in [-0.2, -0.15) is 0 Å². The van der Waals surface area contributed by atoms with E-state index >= 15 is 0 Å². The van der Waals surface area contributed by atoms with Gasteiger partial charge in [-0.3, -0.25) is 4.79 Å². The molecule has 3 rings (SSSR count). The normalized spacial score (nSPS) is 26.3. The Morgan fingerprint density at radius 2 is 2.24 bits per heavy atom. The molecule has 136 valence electrons. The van der Waals surface area contributed by atoms with Crippen molar-refractivity contribution < 1.29 is 14.3 Å². The summed E-state index contributed by atoms with van der Waals surface area (Å²) in [6.45, 7) is 8.35. The van der Waals surface area contributed by atoms with Gasteiger partial charge in [0.15, 0.2) is 0 Å². The van der Waals surface area contributed by atoms with Crippen LogP contribution in [-0.2, 0) is 9.53 Å². The lowest BCUT2D eigenvalue weighted by Gasteiger charge is -2.35. The Balaban J connectivity index is 1.61. The largest absolute Gasteiger partial charge is 0.497 e. The molecule has 1 N–H and O–H groups in total. The monoisotopic (exact) mass is 344 g/mol. The molecule has 0 radical (unpaired) electrons. The highest BCUT2D eigenvalue weighted by Crippen LogP contribution is 2.27. The van der Waals surface area contributed by atoms with Crippen molar-refractivity contribution in [3.8, 4) is 5.75 Å². The van der Waals surface area contributed by atoms with Gasteiger partial charge in [-0.1, -0.05) is 18.2 Å². The van der Waals surface area contributed by atoms with E-state index in [1.54, 1.807) is 7.11 Å². The fraction of sp³-hybridized carbons (Fsp3) is 0.550. The van der Waals surface area contributed by atoms with Crippen molar-refractivity contribution in [3.63, 3.8) is 0 Å². The van der Waals surface area contributed by atoms with Gasteiger partial charge >= 0.3 is 0 Å². The van der Waals surface area contributed by atoms with E-state index in [2.05, 4.69) is 22.9 Å². The number of anilines is 1. The van der Waals surface area contributed by atoms with Crippen LogP contribution in [0.15, 0.2) is 36.4 Å². The molecule has 1 aromatic carbocycles. The van der Waals surface area contributed by atoms with Crippen molar-refractivity contribution in [1.82, 2.24) is 5.32 Å². The Kier molecular flexibility index (Phi) is 5.63. The molecule has 25 heavy (non-hydrogen) atoms. The minimum absolute atomic E-state index is 0.1000. The van der Waals surface area contributed by atoms with Crippen molar-refractivity contribution in [1.29, 1.82) is 0 Å². The number of carbonyl (C=O) groups is 1. The molecule has 0 bridgehead atoms. The van der Waals surface area contributed by atoms with Crippen LogP contribution in [0.2, 0.25) is 0 Å². The molecule has 2 heterocycles. The van der Waals surface area contributed by atoms with Gasteiger partial charge in [0.2, 0.25) is 5.91 Å². The molecule has 1 amide bonds. The molecule has 0 spiro atoms. The molecule has 0 aromatic heterocycles. The van der Waals surface area contributed by atoms with E-state index in [1.807, 2.05) is 25.1 Å². The average molecular weight is 344 g/mol. The number of rotatable bonds is 5. The Morgan fingerprint density at radius 3 is 3.00 bits per heavy atom. The highest BCUT2D eigenvalue weighted by Gasteiger charge is 2.35. The first-order valence-electron chi connectivity index (χ1n) is 9.05. The lowest BCUT2D eigenvalue weighted by Crippen LogP contribution is -2.50. The first-order chi connectivity index (χ1) is 12.1. The zero-order valence-corrected chi connectivity index (χ0v) is 15.2. The highest BCUT2D eigenvalue weighted by atomic mass is 16.5. The van der Waals surface area contributed by atoms with E-state index in [4.69, 9.17) is 9.47 Å². The Hall–Kier alpha value is -2.01. The molecule has 0 saturated carbocycles. The summed E-state index contributed by atoms with van der Waals surface area (Å²) in [6.07, 6.45) is 2.71. The summed E-state index contributed by atoms with van der Waals surface area (Å²) in [5.41, 5.74) is 2.07. The van der Waals surface area contributed by atoms with E-state index in [9.17, 15) is 4.79 Å². The molecule has 2 fully saturated rings. The molecule has 0 unspecified atom stereocenters. The zero-order chi connectivity index (χ0) is 17.8. The SMILES string of the molecule is C=C(C)[C@H]1OCC[C@H]1C(=O)N[C@@H]1CCCN(c2cccc(OC)c2)C1. The first kappa shape index (κ1) is 17.8. The molecular formula is C20H28N2O3. The lowest BCUT2D eigenvalue weighted by molar-refractivity contribution is -0.126. The van der Waals surface area contributed by atoms with Crippen molar-refractivity contribution in [2.45, 2.75) is 38.3 Å². The van der Waals surface area contributed by atoms with Gasteiger partial charge < -0.3 is 19.7 Å². The predicted molar refractivity (Wildman–Crippen MR) is 99.0 cm³/mol. The molecule has 2 aliphatic heterocycles. The number of nitrogens with one attached hydrogen (secondary N) is 1. The van der Waals surface area contributed by atoms with Crippen molar-refractivity contribution in [3.05, 3.63) is 36.4 Å². The number of nitrogens with zero attached hydrogens (tertiary/aromatic N) is 1. The number of methoxy groups -OCH3 is 1. The second-order valence-electron chi connectivity index (χ2n) is 7.03. The number of carbonyl (C=O) groups excluding carboxylic acids is 1. The van der Waals surface area contributed by atoms with Crippen LogP contribution >= 0.6 is 0 Å². The lowest BCUT2D eigenvalue weighted by atomic mass is 9.95. The van der Waals surface area contributed by atoms with Crippen molar-refractivity contribution in [2.75, 3.05) is 31.7 Å². The molecule has 3 atom stereocenters. The Labute approximate surface area is 150 Å². The second kappa shape index (κ2) is 7.91. The topological polar surface area (TPSA) is 50.8 Å². The quantitative estimate of drug-likeness (QED) is 0.835. The van der Waals surface area contributed by atoms with Crippen LogP contribution in [0.4, 0.5) is 5.69 Å². The molecule has 5 heteroatoms. The summed E-state index contributed by atoms with van der Waals surface area (Å²) in [4.78, 5) is 15.0. The van der Waals surface area contributed by atoms with Gasteiger partial charge in [0.1, 0.15) is 5.75 Å². The summed E-state index contributed by atoms with van der Waals surface area (Å²) in [5.74, 6) is 0.851. The van der Waals surface area contributed by atoms with Gasteiger partial charge in [-0.25, -0.2) is 0 Å². The third kappa shape index (κ3) is 4.15. The number of hydrogen-bond donors (Lipinski definition) is 1. The first-order valence-corrected chi connectivity index (χ1v) is 9.05. The van der Waals surface area contributed by atoms with Gasteiger partial charge in [0.25, 0.3) is 0 Å². The Morgan fingerprint density at radius 1 is 1.40 bits per heavy atom. The summed E-state index contributed by atoms with van der Waals surface area (Å²) in [7, 11) is 1.68. The number of ether oxygens (including phenoxy) is 2. The maximum atomic E-state index is 12.7. The third-order valence-corrected chi connectivity index (χ3v) is 5.10. The van der Waals surface area contributed by atoms with Crippen LogP contribution in [0.1, 0.15) is 26.2 Å². The average Bonchev–Trinajstić information content (AvgIpc) is 3.12. The second-order valence-corrected chi connectivity index (χ2v) is 7.03. The summed E-state index contributed by atoms with van der Waals surface area (Å²) in [6, 6.07) is 8.26. The third-order valence-electron chi connectivity index (χ3n) is 5.10. The molecule has 2 saturated heterocycles. The predicted octanol–water partition coefficient (Wildman–Crippen LogP) is 2.76. The van der Waals surface area contributed by atoms with E-state index < -0.39 is 0 Å². The minimum Gasteiger partial charge on any atom is -0.497 e. The van der Waals surface area contributed by atoms with Crippen LogP contribution in [-0.4, -0.2) is 44.9 Å². The van der Waals surface area contributed by atoms with Gasteiger partial charge in [0, 0.05) is 37.5 Å². The van der Waals surface area contributed by atoms with Crippen LogP contribution in [0.25, 0.3) is 0 Å². The summed E-state index contributed by atoms with van der Waals surface area (Å²) >= 11 is 0. The van der Waals surface area contributed by atoms with Crippen LogP contribution in [0.5, 0.6) is 5.75 Å². The summed E-state index contributed by atoms with van der Waals surface area (Å²) in [5, 5.41) is 3.24. The fourth-order valence-electron chi connectivity index (χ4n) is 3.79.